The summed E-state index contributed by atoms with van der Waals surface area (Å²) in [5.41, 5.74) is 5.37. The number of fused-ring (bicyclic) bond motifs is 1. The molecule has 0 aliphatic rings. The minimum atomic E-state index is -0.725. The van der Waals surface area contributed by atoms with Crippen LogP contribution >= 0.6 is 0 Å². The number of nitrogens with two attached hydrogens (primary N) is 1. The molecule has 0 unspecified atom stereocenters. The number of ether oxygens (including phenoxy) is 1. The van der Waals surface area contributed by atoms with E-state index in [1.807, 2.05) is 25.1 Å². The highest BCUT2D eigenvalue weighted by molar-refractivity contribution is 5.83. The van der Waals surface area contributed by atoms with Crippen molar-refractivity contribution in [2.45, 2.75) is 39.8 Å². The average molecular weight is 345 g/mol. The number of primary amides is 1. The lowest BCUT2D eigenvalue weighted by Gasteiger charge is -2.16. The van der Waals surface area contributed by atoms with Crippen LogP contribution in [-0.4, -0.2) is 24.3 Å². The summed E-state index contributed by atoms with van der Waals surface area (Å²) in [6.45, 7) is 8.38. The third-order valence-corrected chi connectivity index (χ3v) is 3.01. The molecule has 0 heterocycles. The number of carbonyl (C=O) groups is 2. The topological polar surface area (TPSA) is 93.4 Å². The molecule has 0 bridgehead atoms. The van der Waals surface area contributed by atoms with Crippen molar-refractivity contribution < 1.29 is 14.3 Å². The Kier molecular flexibility index (Phi) is 7.72. The van der Waals surface area contributed by atoms with Crippen LogP contribution in [0.25, 0.3) is 10.8 Å². The maximum atomic E-state index is 11.3. The van der Waals surface area contributed by atoms with E-state index in [2.05, 4.69) is 39.6 Å². The van der Waals surface area contributed by atoms with E-state index < -0.39 is 11.7 Å². The van der Waals surface area contributed by atoms with Crippen LogP contribution in [0.15, 0.2) is 42.5 Å². The van der Waals surface area contributed by atoms with Crippen molar-refractivity contribution in [2.75, 3.05) is 6.54 Å². The zero-order valence-corrected chi connectivity index (χ0v) is 15.3. The van der Waals surface area contributed by atoms with Crippen molar-refractivity contribution >= 4 is 22.9 Å². The first-order chi connectivity index (χ1) is 11.7. The molecule has 2 rings (SSSR count). The van der Waals surface area contributed by atoms with E-state index in [0.717, 1.165) is 5.56 Å². The SMILES string of the molecule is CC(C)(C)OC(N)=O.CCNC(=O)NCc1ccc2ccccc2c1. The molecular formula is C19H27N3O3. The summed E-state index contributed by atoms with van der Waals surface area (Å²) in [5, 5.41) is 7.93. The van der Waals surface area contributed by atoms with Gasteiger partial charge in [0.1, 0.15) is 5.60 Å². The largest absolute Gasteiger partial charge is 0.444 e. The summed E-state index contributed by atoms with van der Waals surface area (Å²) in [6, 6.07) is 14.3. The number of urea groups is 1. The zero-order valence-electron chi connectivity index (χ0n) is 15.3. The Labute approximate surface area is 148 Å². The summed E-state index contributed by atoms with van der Waals surface area (Å²) in [5.74, 6) is 0. The van der Waals surface area contributed by atoms with Gasteiger partial charge < -0.3 is 21.1 Å². The van der Waals surface area contributed by atoms with Gasteiger partial charge in [0.2, 0.25) is 0 Å². The molecule has 0 atom stereocenters. The molecule has 0 aromatic heterocycles. The van der Waals surface area contributed by atoms with Gasteiger partial charge in [0, 0.05) is 13.1 Å². The van der Waals surface area contributed by atoms with E-state index in [-0.39, 0.29) is 6.03 Å². The first-order valence-corrected chi connectivity index (χ1v) is 8.19. The number of benzene rings is 2. The number of carbonyl (C=O) groups excluding carboxylic acids is 2. The number of rotatable bonds is 3. The molecular weight excluding hydrogens is 318 g/mol. The van der Waals surface area contributed by atoms with E-state index in [1.165, 1.54) is 10.8 Å². The highest BCUT2D eigenvalue weighted by atomic mass is 16.6. The summed E-state index contributed by atoms with van der Waals surface area (Å²) in [4.78, 5) is 21.3. The Hall–Kier alpha value is -2.76. The maximum Gasteiger partial charge on any atom is 0.405 e. The molecule has 2 aromatic rings. The summed E-state index contributed by atoms with van der Waals surface area (Å²) >= 11 is 0. The Morgan fingerprint density at radius 1 is 1.04 bits per heavy atom. The Balaban J connectivity index is 0.000000333. The van der Waals surface area contributed by atoms with Gasteiger partial charge >= 0.3 is 12.1 Å². The number of hydrogen-bond donors (Lipinski definition) is 3. The number of nitrogens with one attached hydrogen (secondary N) is 2. The first kappa shape index (κ1) is 20.3. The zero-order chi connectivity index (χ0) is 18.9. The number of amides is 3. The van der Waals surface area contributed by atoms with E-state index in [9.17, 15) is 9.59 Å². The van der Waals surface area contributed by atoms with E-state index in [0.29, 0.717) is 13.1 Å². The van der Waals surface area contributed by atoms with Crippen LogP contribution in [0.4, 0.5) is 9.59 Å². The predicted molar refractivity (Wildman–Crippen MR) is 100 cm³/mol. The minimum Gasteiger partial charge on any atom is -0.444 e. The molecule has 0 aliphatic carbocycles. The average Bonchev–Trinajstić information content (AvgIpc) is 2.51. The predicted octanol–water partition coefficient (Wildman–Crippen LogP) is 3.54. The second-order valence-corrected chi connectivity index (χ2v) is 6.43. The smallest absolute Gasteiger partial charge is 0.405 e. The van der Waals surface area contributed by atoms with Crippen LogP contribution in [-0.2, 0) is 11.3 Å². The molecule has 0 radical (unpaired) electrons. The van der Waals surface area contributed by atoms with E-state index in [1.54, 1.807) is 20.8 Å². The van der Waals surface area contributed by atoms with Gasteiger partial charge in [0.15, 0.2) is 0 Å². The summed E-state index contributed by atoms with van der Waals surface area (Å²) in [6.07, 6.45) is -0.725. The van der Waals surface area contributed by atoms with Gasteiger partial charge in [-0.1, -0.05) is 36.4 Å². The van der Waals surface area contributed by atoms with Gasteiger partial charge in [-0.15, -0.1) is 0 Å². The van der Waals surface area contributed by atoms with E-state index >= 15 is 0 Å². The molecule has 136 valence electrons. The van der Waals surface area contributed by atoms with Gasteiger partial charge in [0.05, 0.1) is 0 Å². The van der Waals surface area contributed by atoms with Crippen molar-refractivity contribution in [3.05, 3.63) is 48.0 Å². The summed E-state index contributed by atoms with van der Waals surface area (Å²) < 4.78 is 4.58. The van der Waals surface area contributed by atoms with Gasteiger partial charge in [-0.2, -0.15) is 0 Å². The van der Waals surface area contributed by atoms with Gasteiger partial charge in [0.25, 0.3) is 0 Å². The molecule has 0 aliphatic heterocycles. The van der Waals surface area contributed by atoms with Gasteiger partial charge in [-0.25, -0.2) is 9.59 Å². The van der Waals surface area contributed by atoms with Gasteiger partial charge in [-0.05, 0) is 50.1 Å². The quantitative estimate of drug-likeness (QED) is 0.794. The molecule has 6 heteroatoms. The van der Waals surface area contributed by atoms with Gasteiger partial charge in [-0.3, -0.25) is 0 Å². The molecule has 6 nitrogen and oxygen atoms in total. The normalized spacial score (nSPS) is 10.4. The monoisotopic (exact) mass is 345 g/mol. The third kappa shape index (κ3) is 8.60. The molecule has 0 spiro atoms. The van der Waals surface area contributed by atoms with Crippen molar-refractivity contribution in [1.29, 1.82) is 0 Å². The third-order valence-electron chi connectivity index (χ3n) is 3.01. The molecule has 0 fully saturated rings. The molecule has 3 amide bonds. The van der Waals surface area contributed by atoms with Crippen molar-refractivity contribution in [1.82, 2.24) is 10.6 Å². The fraction of sp³-hybridized carbons (Fsp3) is 0.368. The standard InChI is InChI=1S/C14H16N2O.C5H11NO2/c1-2-15-14(17)16-10-11-7-8-12-5-3-4-6-13(12)9-11;1-5(2,3)8-4(6)7/h3-9H,2,10H2,1H3,(H2,15,16,17);1-3H3,(H2,6,7). The molecule has 0 saturated heterocycles. The fourth-order valence-corrected chi connectivity index (χ4v) is 2.06. The molecule has 0 saturated carbocycles. The lowest BCUT2D eigenvalue weighted by Crippen LogP contribution is -2.34. The van der Waals surface area contributed by atoms with Crippen molar-refractivity contribution in [3.8, 4) is 0 Å². The highest BCUT2D eigenvalue weighted by Gasteiger charge is 2.12. The molecule has 4 N–H and O–H groups in total. The molecule has 2 aromatic carbocycles. The van der Waals surface area contributed by atoms with Crippen LogP contribution in [0.3, 0.4) is 0 Å². The van der Waals surface area contributed by atoms with Crippen molar-refractivity contribution in [2.24, 2.45) is 5.73 Å². The fourth-order valence-electron chi connectivity index (χ4n) is 2.06. The molecule has 25 heavy (non-hydrogen) atoms. The highest BCUT2D eigenvalue weighted by Crippen LogP contribution is 2.15. The second-order valence-electron chi connectivity index (χ2n) is 6.43. The lowest BCUT2D eigenvalue weighted by atomic mass is 10.1. The van der Waals surface area contributed by atoms with Crippen LogP contribution in [0.2, 0.25) is 0 Å². The van der Waals surface area contributed by atoms with Crippen LogP contribution in [0.5, 0.6) is 0 Å². The Bertz CT molecular complexity index is 708. The maximum absolute atomic E-state index is 11.3. The summed E-state index contributed by atoms with van der Waals surface area (Å²) in [7, 11) is 0. The van der Waals surface area contributed by atoms with E-state index in [4.69, 9.17) is 5.73 Å². The Morgan fingerprint density at radius 2 is 1.68 bits per heavy atom. The first-order valence-electron chi connectivity index (χ1n) is 8.19. The second kappa shape index (κ2) is 9.52. The van der Waals surface area contributed by atoms with Crippen LogP contribution in [0, 0.1) is 0 Å². The minimum absolute atomic E-state index is 0.124. The van der Waals surface area contributed by atoms with Crippen LogP contribution < -0.4 is 16.4 Å². The number of hydrogen-bond acceptors (Lipinski definition) is 3. The van der Waals surface area contributed by atoms with Crippen molar-refractivity contribution in [3.63, 3.8) is 0 Å². The van der Waals surface area contributed by atoms with Crippen LogP contribution in [0.1, 0.15) is 33.3 Å². The Morgan fingerprint density at radius 3 is 2.20 bits per heavy atom. The lowest BCUT2D eigenvalue weighted by molar-refractivity contribution is 0.0600.